The van der Waals surface area contributed by atoms with Gasteiger partial charge in [-0.1, -0.05) is 46.3 Å². The smallest absolute Gasteiger partial charge is 0.251 e. The van der Waals surface area contributed by atoms with Crippen LogP contribution < -0.4 is 5.32 Å². The summed E-state index contributed by atoms with van der Waals surface area (Å²) in [5.41, 5.74) is 2.61. The summed E-state index contributed by atoms with van der Waals surface area (Å²) in [7, 11) is 1.72. The molecule has 1 atom stereocenters. The van der Waals surface area contributed by atoms with E-state index in [1.807, 2.05) is 41.2 Å². The molecule has 1 heterocycles. The second-order valence-electron chi connectivity index (χ2n) is 6.93. The minimum absolute atomic E-state index is 0.161. The maximum absolute atomic E-state index is 12.6. The Balaban J connectivity index is 1.54. The van der Waals surface area contributed by atoms with Crippen LogP contribution in [0.2, 0.25) is 0 Å². The molecule has 0 fully saturated rings. The summed E-state index contributed by atoms with van der Waals surface area (Å²) in [6, 6.07) is 16.4. The van der Waals surface area contributed by atoms with Gasteiger partial charge in [0.2, 0.25) is 5.91 Å². The lowest BCUT2D eigenvalue weighted by Gasteiger charge is -2.21. The van der Waals surface area contributed by atoms with E-state index < -0.39 is 6.04 Å². The highest BCUT2D eigenvalue weighted by atomic mass is 79.9. The summed E-state index contributed by atoms with van der Waals surface area (Å²) >= 11 is 3.34. The minimum Gasteiger partial charge on any atom is -0.341 e. The van der Waals surface area contributed by atoms with E-state index in [-0.39, 0.29) is 11.8 Å². The number of rotatable bonds is 7. The molecule has 0 spiro atoms. The van der Waals surface area contributed by atoms with Gasteiger partial charge in [0.05, 0.1) is 12.7 Å². The van der Waals surface area contributed by atoms with E-state index in [0.29, 0.717) is 18.7 Å². The Morgan fingerprint density at radius 3 is 2.48 bits per heavy atom. The number of hydrogen-bond donors (Lipinski definition) is 1. The van der Waals surface area contributed by atoms with Gasteiger partial charge < -0.3 is 10.2 Å². The second kappa shape index (κ2) is 9.52. The molecule has 2 amide bonds. The van der Waals surface area contributed by atoms with E-state index in [1.165, 1.54) is 0 Å². The Bertz CT molecular complexity index is 970. The minimum atomic E-state index is -0.629. The number of amides is 2. The summed E-state index contributed by atoms with van der Waals surface area (Å²) in [5.74, 6) is -0.436. The van der Waals surface area contributed by atoms with Crippen molar-refractivity contribution in [2.45, 2.75) is 26.1 Å². The normalized spacial score (nSPS) is 11.7. The van der Waals surface area contributed by atoms with Crippen molar-refractivity contribution in [2.75, 3.05) is 7.05 Å². The summed E-state index contributed by atoms with van der Waals surface area (Å²) < 4.78 is 2.74. The molecular formula is C22H23BrN4O2. The fraction of sp³-hybridized carbons (Fsp3) is 0.227. The van der Waals surface area contributed by atoms with Crippen LogP contribution in [-0.4, -0.2) is 39.6 Å². The number of nitrogens with one attached hydrogen (secondary N) is 1. The SMILES string of the molecule is C[C@@H](NC(=O)c1ccc(Br)cc1)C(=O)N(C)Cc1cnn(Cc2ccccc2)c1. The molecule has 6 nitrogen and oxygen atoms in total. The molecular weight excluding hydrogens is 432 g/mol. The average molecular weight is 455 g/mol. The highest BCUT2D eigenvalue weighted by molar-refractivity contribution is 9.10. The van der Waals surface area contributed by atoms with Crippen LogP contribution in [0.5, 0.6) is 0 Å². The molecule has 0 unspecified atom stereocenters. The molecule has 7 heteroatoms. The summed E-state index contributed by atoms with van der Waals surface area (Å²) in [5, 5.41) is 7.12. The van der Waals surface area contributed by atoms with Crippen LogP contribution in [0.4, 0.5) is 0 Å². The molecule has 29 heavy (non-hydrogen) atoms. The molecule has 1 N–H and O–H groups in total. The largest absolute Gasteiger partial charge is 0.341 e. The molecule has 0 aliphatic heterocycles. The number of carbonyl (C=O) groups is 2. The van der Waals surface area contributed by atoms with Crippen LogP contribution in [0.15, 0.2) is 71.5 Å². The van der Waals surface area contributed by atoms with Crippen LogP contribution >= 0.6 is 15.9 Å². The van der Waals surface area contributed by atoms with Gasteiger partial charge in [-0.2, -0.15) is 5.10 Å². The van der Waals surface area contributed by atoms with Gasteiger partial charge in [-0.15, -0.1) is 0 Å². The third kappa shape index (κ3) is 5.77. The van der Waals surface area contributed by atoms with Crippen molar-refractivity contribution < 1.29 is 9.59 Å². The Kier molecular flexibility index (Phi) is 6.82. The monoisotopic (exact) mass is 454 g/mol. The van der Waals surface area contributed by atoms with Gasteiger partial charge in [0.25, 0.3) is 5.91 Å². The molecule has 0 saturated heterocycles. The maximum Gasteiger partial charge on any atom is 0.251 e. The van der Waals surface area contributed by atoms with Gasteiger partial charge in [-0.25, -0.2) is 0 Å². The standard InChI is InChI=1S/C22H23BrN4O2/c1-16(25-21(28)19-8-10-20(23)11-9-19)22(29)26(2)13-18-12-24-27(15-18)14-17-6-4-3-5-7-17/h3-12,15-16H,13-14H2,1-2H3,(H,25,28)/t16-/m1/s1. The van der Waals surface area contributed by atoms with Crippen LogP contribution in [0.3, 0.4) is 0 Å². The Morgan fingerprint density at radius 1 is 1.10 bits per heavy atom. The lowest BCUT2D eigenvalue weighted by atomic mass is 10.2. The Hall–Kier alpha value is -2.93. The van der Waals surface area contributed by atoms with E-state index >= 15 is 0 Å². The molecule has 0 aliphatic carbocycles. The van der Waals surface area contributed by atoms with Gasteiger partial charge in [0.1, 0.15) is 6.04 Å². The van der Waals surface area contributed by atoms with E-state index in [4.69, 9.17) is 0 Å². The zero-order valence-electron chi connectivity index (χ0n) is 16.4. The second-order valence-corrected chi connectivity index (χ2v) is 7.84. The number of nitrogens with zero attached hydrogens (tertiary/aromatic N) is 3. The highest BCUT2D eigenvalue weighted by Gasteiger charge is 2.20. The number of carbonyl (C=O) groups excluding carboxylic acids is 2. The number of benzene rings is 2. The van der Waals surface area contributed by atoms with Crippen molar-refractivity contribution in [3.05, 3.63) is 88.2 Å². The van der Waals surface area contributed by atoms with Crippen LogP contribution in [0.25, 0.3) is 0 Å². The Morgan fingerprint density at radius 2 is 1.79 bits per heavy atom. The molecule has 0 saturated carbocycles. The van der Waals surface area contributed by atoms with E-state index in [0.717, 1.165) is 15.6 Å². The first-order valence-electron chi connectivity index (χ1n) is 9.29. The summed E-state index contributed by atoms with van der Waals surface area (Å²) in [6.45, 7) is 2.79. The summed E-state index contributed by atoms with van der Waals surface area (Å²) in [6.07, 6.45) is 3.69. The number of aromatic nitrogens is 2. The van der Waals surface area contributed by atoms with Crippen LogP contribution in [0, 0.1) is 0 Å². The molecule has 0 bridgehead atoms. The lowest BCUT2D eigenvalue weighted by molar-refractivity contribution is -0.132. The molecule has 3 aromatic rings. The van der Waals surface area contributed by atoms with E-state index in [2.05, 4.69) is 26.3 Å². The molecule has 2 aromatic carbocycles. The zero-order chi connectivity index (χ0) is 20.8. The number of hydrogen-bond acceptors (Lipinski definition) is 3. The Labute approximate surface area is 178 Å². The van der Waals surface area contributed by atoms with E-state index in [9.17, 15) is 9.59 Å². The zero-order valence-corrected chi connectivity index (χ0v) is 18.0. The van der Waals surface area contributed by atoms with Crippen molar-refractivity contribution in [3.8, 4) is 0 Å². The van der Waals surface area contributed by atoms with Crippen molar-refractivity contribution in [1.29, 1.82) is 0 Å². The maximum atomic E-state index is 12.6. The van der Waals surface area contributed by atoms with Crippen LogP contribution in [0.1, 0.15) is 28.4 Å². The van der Waals surface area contributed by atoms with Gasteiger partial charge in [-0.05, 0) is 36.8 Å². The highest BCUT2D eigenvalue weighted by Crippen LogP contribution is 2.11. The van der Waals surface area contributed by atoms with Gasteiger partial charge >= 0.3 is 0 Å². The first kappa shape index (κ1) is 20.8. The molecule has 0 aliphatic rings. The fourth-order valence-electron chi connectivity index (χ4n) is 2.97. The van der Waals surface area contributed by atoms with Crippen molar-refractivity contribution in [2.24, 2.45) is 0 Å². The number of halogens is 1. The number of likely N-dealkylation sites (N-methyl/N-ethyl adjacent to an activating group) is 1. The fourth-order valence-corrected chi connectivity index (χ4v) is 3.23. The molecule has 150 valence electrons. The first-order chi connectivity index (χ1) is 13.9. The van der Waals surface area contributed by atoms with Crippen molar-refractivity contribution >= 4 is 27.7 Å². The predicted octanol–water partition coefficient (Wildman–Crippen LogP) is 3.47. The van der Waals surface area contributed by atoms with Gasteiger partial charge in [0, 0.05) is 35.4 Å². The topological polar surface area (TPSA) is 67.2 Å². The van der Waals surface area contributed by atoms with Crippen molar-refractivity contribution in [1.82, 2.24) is 20.0 Å². The van der Waals surface area contributed by atoms with Gasteiger partial charge in [0.15, 0.2) is 0 Å². The quantitative estimate of drug-likeness (QED) is 0.594. The van der Waals surface area contributed by atoms with Gasteiger partial charge in [-0.3, -0.25) is 14.3 Å². The summed E-state index contributed by atoms with van der Waals surface area (Å²) in [4.78, 5) is 26.6. The molecule has 0 radical (unpaired) electrons. The average Bonchev–Trinajstić information content (AvgIpc) is 3.15. The molecule has 3 rings (SSSR count). The van der Waals surface area contributed by atoms with E-state index in [1.54, 1.807) is 49.3 Å². The first-order valence-corrected chi connectivity index (χ1v) is 10.1. The molecule has 1 aromatic heterocycles. The third-order valence-electron chi connectivity index (χ3n) is 4.49. The lowest BCUT2D eigenvalue weighted by Crippen LogP contribution is -2.45. The van der Waals surface area contributed by atoms with Crippen LogP contribution in [-0.2, 0) is 17.9 Å². The predicted molar refractivity (Wildman–Crippen MR) is 115 cm³/mol. The third-order valence-corrected chi connectivity index (χ3v) is 5.02. The van der Waals surface area contributed by atoms with Crippen molar-refractivity contribution in [3.63, 3.8) is 0 Å².